The first-order valence-electron chi connectivity index (χ1n) is 10.8. The minimum atomic E-state index is -0.599. The number of esters is 1. The highest BCUT2D eigenvalue weighted by Gasteiger charge is 2.17. The summed E-state index contributed by atoms with van der Waals surface area (Å²) in [5, 5.41) is 6.89. The highest BCUT2D eigenvalue weighted by molar-refractivity contribution is 6.05. The van der Waals surface area contributed by atoms with Crippen molar-refractivity contribution in [2.75, 3.05) is 11.9 Å². The fourth-order valence-corrected chi connectivity index (χ4v) is 3.52. The lowest BCUT2D eigenvalue weighted by Gasteiger charge is -2.12. The average molecular weight is 444 g/mol. The Hall–Kier alpha value is -4.00. The second-order valence-corrected chi connectivity index (χ2v) is 7.95. The highest BCUT2D eigenvalue weighted by Crippen LogP contribution is 2.27. The number of anilines is 1. The van der Waals surface area contributed by atoms with Crippen LogP contribution in [0.3, 0.4) is 0 Å². The molecule has 33 heavy (non-hydrogen) atoms. The number of aromatic nitrogens is 2. The predicted molar refractivity (Wildman–Crippen MR) is 126 cm³/mol. The SMILES string of the molecule is CC[C@H](C)c1ccc(-c2cc(C(=O)OCC(=O)Nc3cc(C)on3)c3ccccc3n2)cc1. The number of carbonyl (C=O) groups excluding carboxylic acids is 2. The van der Waals surface area contributed by atoms with Gasteiger partial charge in [-0.05, 0) is 37.0 Å². The van der Waals surface area contributed by atoms with Crippen LogP contribution in [-0.4, -0.2) is 28.6 Å². The third-order valence-electron chi connectivity index (χ3n) is 5.55. The lowest BCUT2D eigenvalue weighted by Crippen LogP contribution is -2.21. The first-order chi connectivity index (χ1) is 15.9. The van der Waals surface area contributed by atoms with E-state index in [4.69, 9.17) is 14.2 Å². The number of fused-ring (bicyclic) bond motifs is 1. The number of hydrogen-bond acceptors (Lipinski definition) is 6. The third kappa shape index (κ3) is 5.09. The fraction of sp³-hybridized carbons (Fsp3) is 0.231. The third-order valence-corrected chi connectivity index (χ3v) is 5.55. The summed E-state index contributed by atoms with van der Waals surface area (Å²) in [7, 11) is 0. The summed E-state index contributed by atoms with van der Waals surface area (Å²) in [6.45, 7) is 5.62. The highest BCUT2D eigenvalue weighted by atomic mass is 16.5. The molecule has 2 aromatic carbocycles. The number of nitrogens with zero attached hydrogens (tertiary/aromatic N) is 2. The number of nitrogens with one attached hydrogen (secondary N) is 1. The summed E-state index contributed by atoms with van der Waals surface area (Å²) in [4.78, 5) is 29.8. The molecule has 1 amide bonds. The molecular formula is C26H25N3O4. The van der Waals surface area contributed by atoms with E-state index in [0.717, 1.165) is 12.0 Å². The van der Waals surface area contributed by atoms with Crippen LogP contribution in [0.2, 0.25) is 0 Å². The molecule has 7 nitrogen and oxygen atoms in total. The summed E-state index contributed by atoms with van der Waals surface area (Å²) in [5.41, 5.74) is 3.86. The zero-order valence-corrected chi connectivity index (χ0v) is 18.8. The van der Waals surface area contributed by atoms with Crippen molar-refractivity contribution >= 4 is 28.6 Å². The van der Waals surface area contributed by atoms with Crippen LogP contribution in [0.5, 0.6) is 0 Å². The summed E-state index contributed by atoms with van der Waals surface area (Å²) in [5.74, 6) is 0.205. The second kappa shape index (κ2) is 9.65. The van der Waals surface area contributed by atoms with E-state index >= 15 is 0 Å². The van der Waals surface area contributed by atoms with Crippen molar-refractivity contribution in [3.63, 3.8) is 0 Å². The number of ether oxygens (including phenoxy) is 1. The molecule has 0 saturated carbocycles. The van der Waals surface area contributed by atoms with Gasteiger partial charge in [-0.15, -0.1) is 0 Å². The zero-order chi connectivity index (χ0) is 23.4. The van der Waals surface area contributed by atoms with E-state index in [1.54, 1.807) is 19.1 Å². The van der Waals surface area contributed by atoms with Gasteiger partial charge < -0.3 is 14.6 Å². The standard InChI is InChI=1S/C26H25N3O4/c1-4-16(2)18-9-11-19(12-10-18)23-14-21(20-7-5-6-8-22(20)27-23)26(31)32-15-25(30)28-24-13-17(3)33-29-24/h5-14,16H,4,15H2,1-3H3,(H,28,29,30)/t16-/m0/s1. The van der Waals surface area contributed by atoms with Gasteiger partial charge in [-0.2, -0.15) is 0 Å². The largest absolute Gasteiger partial charge is 0.452 e. The minimum Gasteiger partial charge on any atom is -0.452 e. The summed E-state index contributed by atoms with van der Waals surface area (Å²) in [6, 6.07) is 18.9. The summed E-state index contributed by atoms with van der Waals surface area (Å²) < 4.78 is 10.2. The van der Waals surface area contributed by atoms with Gasteiger partial charge in [0.15, 0.2) is 12.4 Å². The van der Waals surface area contributed by atoms with Crippen LogP contribution in [0.4, 0.5) is 5.82 Å². The molecule has 0 aliphatic heterocycles. The second-order valence-electron chi connectivity index (χ2n) is 7.95. The zero-order valence-electron chi connectivity index (χ0n) is 18.8. The van der Waals surface area contributed by atoms with E-state index in [-0.39, 0.29) is 5.82 Å². The van der Waals surface area contributed by atoms with Gasteiger partial charge in [0.25, 0.3) is 5.91 Å². The molecule has 0 spiro atoms. The maximum Gasteiger partial charge on any atom is 0.339 e. The molecule has 4 aromatic rings. The fourth-order valence-electron chi connectivity index (χ4n) is 3.52. The number of pyridine rings is 1. The lowest BCUT2D eigenvalue weighted by molar-refractivity contribution is -0.119. The van der Waals surface area contributed by atoms with Gasteiger partial charge >= 0.3 is 5.97 Å². The summed E-state index contributed by atoms with van der Waals surface area (Å²) in [6.07, 6.45) is 1.06. The molecule has 0 fully saturated rings. The number of rotatable bonds is 7. The molecule has 0 aliphatic carbocycles. The number of aryl methyl sites for hydroxylation is 1. The number of hydrogen-bond donors (Lipinski definition) is 1. The molecule has 0 bridgehead atoms. The Morgan fingerprint density at radius 1 is 1.09 bits per heavy atom. The van der Waals surface area contributed by atoms with Gasteiger partial charge in [0.2, 0.25) is 0 Å². The first-order valence-corrected chi connectivity index (χ1v) is 10.8. The van der Waals surface area contributed by atoms with Crippen LogP contribution in [0, 0.1) is 6.92 Å². The first kappa shape index (κ1) is 22.2. The van der Waals surface area contributed by atoms with Crippen molar-refractivity contribution in [1.29, 1.82) is 0 Å². The predicted octanol–water partition coefficient (Wildman–Crippen LogP) is 5.51. The van der Waals surface area contributed by atoms with Gasteiger partial charge in [-0.3, -0.25) is 4.79 Å². The van der Waals surface area contributed by atoms with E-state index in [9.17, 15) is 9.59 Å². The molecule has 1 N–H and O–H groups in total. The molecule has 4 rings (SSSR count). The topological polar surface area (TPSA) is 94.3 Å². The molecule has 0 aliphatic rings. The maximum absolute atomic E-state index is 12.9. The van der Waals surface area contributed by atoms with Gasteiger partial charge in [0.05, 0.1) is 16.8 Å². The number of carbonyl (C=O) groups is 2. The van der Waals surface area contributed by atoms with Crippen LogP contribution in [0.1, 0.15) is 47.9 Å². The molecule has 0 unspecified atom stereocenters. The van der Waals surface area contributed by atoms with Crippen LogP contribution < -0.4 is 5.32 Å². The molecule has 7 heteroatoms. The lowest BCUT2D eigenvalue weighted by atomic mass is 9.96. The Morgan fingerprint density at radius 2 is 1.85 bits per heavy atom. The van der Waals surface area contributed by atoms with E-state index in [1.165, 1.54) is 5.56 Å². The van der Waals surface area contributed by atoms with E-state index in [2.05, 4.69) is 36.5 Å². The smallest absolute Gasteiger partial charge is 0.339 e. The van der Waals surface area contributed by atoms with Crippen LogP contribution >= 0.6 is 0 Å². The Kier molecular flexibility index (Phi) is 6.49. The molecule has 0 radical (unpaired) electrons. The quantitative estimate of drug-likeness (QED) is 0.379. The molecule has 168 valence electrons. The molecular weight excluding hydrogens is 418 g/mol. The van der Waals surface area contributed by atoms with E-state index < -0.39 is 18.5 Å². The normalized spacial score (nSPS) is 11.8. The van der Waals surface area contributed by atoms with E-state index in [1.807, 2.05) is 36.4 Å². The Labute approximate surface area is 191 Å². The average Bonchev–Trinajstić information content (AvgIpc) is 3.25. The molecule has 1 atom stereocenters. The van der Waals surface area contributed by atoms with Gasteiger partial charge in [0, 0.05) is 17.0 Å². The monoisotopic (exact) mass is 443 g/mol. The van der Waals surface area contributed by atoms with Crippen molar-refractivity contribution in [2.24, 2.45) is 0 Å². The Balaban J connectivity index is 1.57. The van der Waals surface area contributed by atoms with Crippen LogP contribution in [0.15, 0.2) is 65.2 Å². The Morgan fingerprint density at radius 3 is 2.55 bits per heavy atom. The van der Waals surface area contributed by atoms with Crippen molar-refractivity contribution in [3.8, 4) is 11.3 Å². The van der Waals surface area contributed by atoms with Crippen LogP contribution in [-0.2, 0) is 9.53 Å². The van der Waals surface area contributed by atoms with Gasteiger partial charge in [-0.1, -0.05) is 61.5 Å². The molecule has 0 saturated heterocycles. The van der Waals surface area contributed by atoms with Crippen molar-refractivity contribution in [3.05, 3.63) is 77.6 Å². The van der Waals surface area contributed by atoms with Crippen molar-refractivity contribution in [2.45, 2.75) is 33.1 Å². The number of benzene rings is 2. The van der Waals surface area contributed by atoms with E-state index in [0.29, 0.717) is 33.8 Å². The summed E-state index contributed by atoms with van der Waals surface area (Å²) >= 11 is 0. The maximum atomic E-state index is 12.9. The Bertz CT molecular complexity index is 1290. The molecule has 2 heterocycles. The van der Waals surface area contributed by atoms with Crippen molar-refractivity contribution < 1.29 is 18.8 Å². The molecule has 2 aromatic heterocycles. The minimum absolute atomic E-state index is 0.269. The number of amides is 1. The van der Waals surface area contributed by atoms with Crippen molar-refractivity contribution in [1.82, 2.24) is 10.1 Å². The van der Waals surface area contributed by atoms with Gasteiger partial charge in [0.1, 0.15) is 5.76 Å². The van der Waals surface area contributed by atoms with Gasteiger partial charge in [-0.25, -0.2) is 9.78 Å². The van der Waals surface area contributed by atoms with Crippen LogP contribution in [0.25, 0.3) is 22.2 Å². The number of para-hydroxylation sites is 1.